The summed E-state index contributed by atoms with van der Waals surface area (Å²) in [6, 6.07) is 36.7. The SMILES string of the molecule is COc1ccc([C@@H]2C3=C(N=c4s/c(=C/c5c(OCc6ccc(Br)cc6)ccc6ccccc56)c(=O)n42)c2ccccc2CC3)cc1. The lowest BCUT2D eigenvalue weighted by molar-refractivity contribution is 0.306. The number of hydrogen-bond acceptors (Lipinski definition) is 5. The normalized spacial score (nSPS) is 15.6. The van der Waals surface area contributed by atoms with Gasteiger partial charge < -0.3 is 9.47 Å². The smallest absolute Gasteiger partial charge is 0.271 e. The van der Waals surface area contributed by atoms with Crippen molar-refractivity contribution in [3.8, 4) is 11.5 Å². The van der Waals surface area contributed by atoms with Gasteiger partial charge in [-0.1, -0.05) is 106 Å². The Morgan fingerprint density at radius 2 is 1.70 bits per heavy atom. The van der Waals surface area contributed by atoms with Crippen LogP contribution in [0.4, 0.5) is 0 Å². The summed E-state index contributed by atoms with van der Waals surface area (Å²) in [7, 11) is 1.67. The molecule has 2 heterocycles. The van der Waals surface area contributed by atoms with Crippen molar-refractivity contribution >= 4 is 49.8 Å². The number of aromatic nitrogens is 1. The van der Waals surface area contributed by atoms with Crippen molar-refractivity contribution in [2.45, 2.75) is 25.5 Å². The Morgan fingerprint density at radius 3 is 2.52 bits per heavy atom. The van der Waals surface area contributed by atoms with Crippen LogP contribution in [0, 0.1) is 0 Å². The highest BCUT2D eigenvalue weighted by molar-refractivity contribution is 9.10. The van der Waals surface area contributed by atoms with E-state index in [2.05, 4.69) is 70.5 Å². The number of thiazole rings is 1. The minimum absolute atomic E-state index is 0.0539. The first kappa shape index (κ1) is 28.7. The second-order valence-corrected chi connectivity index (χ2v) is 13.4. The standard InChI is InChI=1S/C39H29BrN2O3S/c1-44-29-18-12-27(13-19-29)37-32-20-14-26-7-3-5-9-31(26)36(32)41-39-42(37)38(43)35(46-39)22-33-30-8-4-2-6-25(30)15-21-34(33)45-23-24-10-16-28(40)17-11-24/h2-13,15-19,21-22,37H,14,20,23H2,1H3/b35-22+/t37-/m1/s1. The molecule has 1 aliphatic carbocycles. The first-order chi connectivity index (χ1) is 22.6. The van der Waals surface area contributed by atoms with Gasteiger partial charge in [0.2, 0.25) is 0 Å². The number of methoxy groups -OCH3 is 1. The van der Waals surface area contributed by atoms with Crippen LogP contribution in [-0.4, -0.2) is 11.7 Å². The van der Waals surface area contributed by atoms with E-state index in [1.54, 1.807) is 7.11 Å². The molecule has 0 unspecified atom stereocenters. The van der Waals surface area contributed by atoms with E-state index in [4.69, 9.17) is 14.5 Å². The highest BCUT2D eigenvalue weighted by atomic mass is 79.9. The number of ether oxygens (including phenoxy) is 2. The predicted octanol–water partition coefficient (Wildman–Crippen LogP) is 7.82. The summed E-state index contributed by atoms with van der Waals surface area (Å²) in [5.74, 6) is 1.51. The monoisotopic (exact) mass is 684 g/mol. The quantitative estimate of drug-likeness (QED) is 0.180. The van der Waals surface area contributed by atoms with E-state index in [-0.39, 0.29) is 11.6 Å². The number of halogens is 1. The van der Waals surface area contributed by atoms with E-state index < -0.39 is 0 Å². The van der Waals surface area contributed by atoms with Crippen molar-refractivity contribution in [1.29, 1.82) is 0 Å². The number of fused-ring (bicyclic) bond motifs is 4. The number of rotatable bonds is 6. The van der Waals surface area contributed by atoms with Gasteiger partial charge in [0.05, 0.1) is 23.4 Å². The first-order valence-electron chi connectivity index (χ1n) is 15.2. The number of allylic oxidation sites excluding steroid dienone is 1. The molecular weight excluding hydrogens is 656 g/mol. The average Bonchev–Trinajstić information content (AvgIpc) is 3.41. The first-order valence-corrected chi connectivity index (χ1v) is 16.8. The van der Waals surface area contributed by atoms with Crippen LogP contribution in [0.5, 0.6) is 11.5 Å². The Bertz CT molecular complexity index is 2340. The zero-order chi connectivity index (χ0) is 31.2. The van der Waals surface area contributed by atoms with Gasteiger partial charge in [0.1, 0.15) is 18.1 Å². The molecule has 7 heteroatoms. The van der Waals surface area contributed by atoms with Crippen molar-refractivity contribution < 1.29 is 9.47 Å². The molecule has 5 aromatic carbocycles. The highest BCUT2D eigenvalue weighted by Gasteiger charge is 2.32. The number of aryl methyl sites for hydroxylation is 1. The van der Waals surface area contributed by atoms with E-state index in [9.17, 15) is 4.79 Å². The maximum absolute atomic E-state index is 14.5. The largest absolute Gasteiger partial charge is 0.497 e. The predicted molar refractivity (Wildman–Crippen MR) is 188 cm³/mol. The zero-order valence-corrected chi connectivity index (χ0v) is 27.5. The Balaban J connectivity index is 1.31. The minimum Gasteiger partial charge on any atom is -0.497 e. The van der Waals surface area contributed by atoms with E-state index >= 15 is 0 Å². The fraction of sp³-hybridized carbons (Fsp3) is 0.128. The molecule has 46 heavy (non-hydrogen) atoms. The van der Waals surface area contributed by atoms with Crippen molar-refractivity contribution in [3.63, 3.8) is 0 Å². The zero-order valence-electron chi connectivity index (χ0n) is 25.1. The fourth-order valence-corrected chi connectivity index (χ4v) is 7.78. The molecule has 0 spiro atoms. The summed E-state index contributed by atoms with van der Waals surface area (Å²) >= 11 is 4.94. The molecular formula is C39H29BrN2O3S. The van der Waals surface area contributed by atoms with Crippen molar-refractivity contribution in [2.75, 3.05) is 7.11 Å². The van der Waals surface area contributed by atoms with E-state index in [1.807, 2.05) is 65.2 Å². The average molecular weight is 686 g/mol. The molecule has 226 valence electrons. The van der Waals surface area contributed by atoms with Crippen LogP contribution in [0.2, 0.25) is 0 Å². The van der Waals surface area contributed by atoms with Crippen LogP contribution in [0.25, 0.3) is 22.5 Å². The Morgan fingerprint density at radius 1 is 0.913 bits per heavy atom. The molecule has 0 amide bonds. The van der Waals surface area contributed by atoms with E-state index in [0.717, 1.165) is 67.5 Å². The molecule has 2 aliphatic rings. The summed E-state index contributed by atoms with van der Waals surface area (Å²) in [5.41, 5.74) is 7.53. The van der Waals surface area contributed by atoms with Gasteiger partial charge in [0, 0.05) is 15.6 Å². The summed E-state index contributed by atoms with van der Waals surface area (Å²) in [4.78, 5) is 20.4. The third kappa shape index (κ3) is 5.10. The van der Waals surface area contributed by atoms with Crippen LogP contribution < -0.4 is 24.4 Å². The lowest BCUT2D eigenvalue weighted by Crippen LogP contribution is -2.38. The Hall–Kier alpha value is -4.72. The van der Waals surface area contributed by atoms with Gasteiger partial charge in [-0.05, 0) is 82.3 Å². The van der Waals surface area contributed by atoms with Crippen LogP contribution in [-0.2, 0) is 13.0 Å². The number of hydrogen-bond donors (Lipinski definition) is 0. The van der Waals surface area contributed by atoms with Gasteiger partial charge in [-0.15, -0.1) is 0 Å². The lowest BCUT2D eigenvalue weighted by Gasteiger charge is -2.30. The van der Waals surface area contributed by atoms with Crippen molar-refractivity contribution in [1.82, 2.24) is 4.57 Å². The summed E-state index contributed by atoms with van der Waals surface area (Å²) in [6.45, 7) is 0.414. The van der Waals surface area contributed by atoms with Crippen LogP contribution in [0.15, 0.2) is 129 Å². The fourth-order valence-electron chi connectivity index (χ4n) is 6.53. The highest BCUT2D eigenvalue weighted by Crippen LogP contribution is 2.41. The molecule has 0 N–H and O–H groups in total. The molecule has 0 radical (unpaired) electrons. The van der Waals surface area contributed by atoms with E-state index in [1.165, 1.54) is 22.5 Å². The van der Waals surface area contributed by atoms with Gasteiger partial charge in [0.25, 0.3) is 5.56 Å². The minimum atomic E-state index is -0.256. The Labute approximate surface area is 278 Å². The molecule has 6 aromatic rings. The second-order valence-electron chi connectivity index (χ2n) is 11.5. The maximum Gasteiger partial charge on any atom is 0.271 e. The van der Waals surface area contributed by atoms with Gasteiger partial charge in [0.15, 0.2) is 4.80 Å². The maximum atomic E-state index is 14.5. The van der Waals surface area contributed by atoms with Crippen LogP contribution in [0.1, 0.15) is 40.3 Å². The molecule has 0 bridgehead atoms. The van der Waals surface area contributed by atoms with Gasteiger partial charge in [-0.25, -0.2) is 4.99 Å². The summed E-state index contributed by atoms with van der Waals surface area (Å²) < 4.78 is 15.4. The van der Waals surface area contributed by atoms with Crippen molar-refractivity contribution in [3.05, 3.63) is 167 Å². The summed E-state index contributed by atoms with van der Waals surface area (Å²) in [5, 5.41) is 2.11. The Kier molecular flexibility index (Phi) is 7.43. The van der Waals surface area contributed by atoms with Crippen LogP contribution >= 0.6 is 27.3 Å². The molecule has 1 aliphatic heterocycles. The van der Waals surface area contributed by atoms with Crippen molar-refractivity contribution in [2.24, 2.45) is 4.99 Å². The molecule has 8 rings (SSSR count). The van der Waals surface area contributed by atoms with Gasteiger partial charge >= 0.3 is 0 Å². The number of nitrogens with zero attached hydrogens (tertiary/aromatic N) is 2. The van der Waals surface area contributed by atoms with Crippen LogP contribution in [0.3, 0.4) is 0 Å². The molecule has 0 saturated heterocycles. The second kappa shape index (κ2) is 11.9. The third-order valence-electron chi connectivity index (χ3n) is 8.82. The lowest BCUT2D eigenvalue weighted by atomic mass is 9.83. The summed E-state index contributed by atoms with van der Waals surface area (Å²) in [6.07, 6.45) is 3.75. The third-order valence-corrected chi connectivity index (χ3v) is 10.3. The molecule has 1 aromatic heterocycles. The molecule has 1 atom stereocenters. The number of benzene rings is 5. The molecule has 5 nitrogen and oxygen atoms in total. The van der Waals surface area contributed by atoms with E-state index in [0.29, 0.717) is 15.9 Å². The van der Waals surface area contributed by atoms with Gasteiger partial charge in [-0.3, -0.25) is 9.36 Å². The molecule has 0 fully saturated rings. The topological polar surface area (TPSA) is 52.8 Å². The molecule has 0 saturated carbocycles. The van der Waals surface area contributed by atoms with Gasteiger partial charge in [-0.2, -0.15) is 0 Å².